The van der Waals surface area contributed by atoms with Crippen LogP contribution in [0.4, 0.5) is 5.69 Å². The fourth-order valence-electron chi connectivity index (χ4n) is 3.26. The Kier molecular flexibility index (Phi) is 7.54. The van der Waals surface area contributed by atoms with Gasteiger partial charge < -0.3 is 4.74 Å². The Bertz CT molecular complexity index is 983. The summed E-state index contributed by atoms with van der Waals surface area (Å²) < 4.78 is 7.65. The minimum Gasteiger partial charge on any atom is -0.477 e. The van der Waals surface area contributed by atoms with E-state index in [4.69, 9.17) is 4.74 Å². The molecule has 0 unspecified atom stereocenters. The van der Waals surface area contributed by atoms with Crippen molar-refractivity contribution < 1.29 is 14.5 Å². The molecule has 0 radical (unpaired) electrons. The zero-order valence-electron chi connectivity index (χ0n) is 18.9. The van der Waals surface area contributed by atoms with Crippen LogP contribution in [0.2, 0.25) is 0 Å². The lowest BCUT2D eigenvalue weighted by molar-refractivity contribution is -0.385. The topological polar surface area (TPSA) is 87.3 Å². The predicted molar refractivity (Wildman–Crippen MR) is 118 cm³/mol. The van der Waals surface area contributed by atoms with Crippen LogP contribution < -0.4 is 4.74 Å². The zero-order chi connectivity index (χ0) is 22.6. The van der Waals surface area contributed by atoms with E-state index in [1.807, 2.05) is 41.5 Å². The normalized spacial score (nSPS) is 10.9. The first-order valence-corrected chi connectivity index (χ1v) is 10.3. The van der Waals surface area contributed by atoms with E-state index >= 15 is 0 Å². The van der Waals surface area contributed by atoms with Gasteiger partial charge in [-0.05, 0) is 57.2 Å². The van der Waals surface area contributed by atoms with Crippen molar-refractivity contribution in [2.75, 3.05) is 6.61 Å². The summed E-state index contributed by atoms with van der Waals surface area (Å²) >= 11 is 0. The molecule has 0 bridgehead atoms. The van der Waals surface area contributed by atoms with Crippen LogP contribution >= 0.6 is 0 Å². The lowest BCUT2D eigenvalue weighted by Gasteiger charge is -2.15. The second kappa shape index (κ2) is 9.69. The number of nitro groups is 1. The molecule has 162 valence electrons. The Morgan fingerprint density at radius 2 is 1.90 bits per heavy atom. The maximum atomic E-state index is 13.5. The van der Waals surface area contributed by atoms with Gasteiger partial charge in [0.2, 0.25) is 5.88 Å². The zero-order valence-corrected chi connectivity index (χ0v) is 18.9. The Morgan fingerprint density at radius 3 is 2.43 bits per heavy atom. The molecule has 1 heterocycles. The highest BCUT2D eigenvalue weighted by molar-refractivity contribution is 6.12. The Morgan fingerprint density at radius 1 is 1.23 bits per heavy atom. The molecule has 30 heavy (non-hydrogen) atoms. The number of carbonyl (C=O) groups excluding carboxylic acids is 1. The average molecular weight is 414 g/mol. The highest BCUT2D eigenvalue weighted by atomic mass is 16.6. The van der Waals surface area contributed by atoms with Gasteiger partial charge in [-0.3, -0.25) is 14.9 Å². The third-order valence-electron chi connectivity index (χ3n) is 5.03. The summed E-state index contributed by atoms with van der Waals surface area (Å²) in [5.74, 6) is 0.506. The SMILES string of the molecule is CCCn1ncc(C(=O)c2ccc([N+](=O)[O-])c(C(C)=C(C)C)c2C)c1OCC(C)C. The number of ketones is 1. The van der Waals surface area contributed by atoms with E-state index in [2.05, 4.69) is 5.10 Å². The van der Waals surface area contributed by atoms with E-state index < -0.39 is 4.92 Å². The smallest absolute Gasteiger partial charge is 0.277 e. The van der Waals surface area contributed by atoms with Crippen molar-refractivity contribution in [2.45, 2.75) is 61.4 Å². The first-order chi connectivity index (χ1) is 14.1. The van der Waals surface area contributed by atoms with Crippen LogP contribution in [-0.4, -0.2) is 27.1 Å². The maximum absolute atomic E-state index is 13.5. The first kappa shape index (κ1) is 23.3. The number of allylic oxidation sites excluding steroid dienone is 2. The predicted octanol–water partition coefficient (Wildman–Crippen LogP) is 5.59. The standard InChI is InChI=1S/C23H31N3O4/c1-8-11-25-23(30-13-14(2)3)19(12-24-25)22(27)18-9-10-20(26(28)29)21(17(18)7)16(6)15(4)5/h9-10,12,14H,8,11,13H2,1-7H3. The Balaban J connectivity index is 2.63. The van der Waals surface area contributed by atoms with Gasteiger partial charge >= 0.3 is 0 Å². The van der Waals surface area contributed by atoms with Crippen LogP contribution in [0, 0.1) is 23.0 Å². The molecule has 1 aromatic heterocycles. The lowest BCUT2D eigenvalue weighted by atomic mass is 9.90. The number of rotatable bonds is 9. The van der Waals surface area contributed by atoms with Crippen molar-refractivity contribution >= 4 is 17.0 Å². The molecule has 0 aliphatic carbocycles. The van der Waals surface area contributed by atoms with E-state index in [0.29, 0.717) is 47.2 Å². The number of aryl methyl sites for hydroxylation is 1. The third-order valence-corrected chi connectivity index (χ3v) is 5.03. The number of benzene rings is 1. The quantitative estimate of drug-likeness (QED) is 0.304. The van der Waals surface area contributed by atoms with Gasteiger partial charge in [0.15, 0.2) is 5.78 Å². The number of nitrogens with zero attached hydrogens (tertiary/aromatic N) is 3. The molecule has 0 N–H and O–H groups in total. The van der Waals surface area contributed by atoms with Crippen molar-refractivity contribution in [1.29, 1.82) is 0 Å². The second-order valence-corrected chi connectivity index (χ2v) is 8.13. The number of hydrogen-bond donors (Lipinski definition) is 0. The van der Waals surface area contributed by atoms with Crippen LogP contribution in [-0.2, 0) is 6.54 Å². The van der Waals surface area contributed by atoms with Crippen molar-refractivity contribution in [2.24, 2.45) is 5.92 Å². The van der Waals surface area contributed by atoms with Crippen molar-refractivity contribution in [1.82, 2.24) is 9.78 Å². The minimum absolute atomic E-state index is 0.000657. The molecule has 7 nitrogen and oxygen atoms in total. The number of ether oxygens (including phenoxy) is 1. The van der Waals surface area contributed by atoms with Crippen LogP contribution in [0.15, 0.2) is 23.9 Å². The molecule has 0 fully saturated rings. The maximum Gasteiger partial charge on any atom is 0.277 e. The van der Waals surface area contributed by atoms with E-state index in [1.165, 1.54) is 18.3 Å². The summed E-state index contributed by atoms with van der Waals surface area (Å²) in [6.07, 6.45) is 2.38. The van der Waals surface area contributed by atoms with Crippen molar-refractivity contribution in [3.05, 3.63) is 56.3 Å². The Labute approximate surface area is 177 Å². The third kappa shape index (κ3) is 4.78. The summed E-state index contributed by atoms with van der Waals surface area (Å²) in [6.45, 7) is 14.6. The average Bonchev–Trinajstić information content (AvgIpc) is 3.07. The van der Waals surface area contributed by atoms with Crippen LogP contribution in [0.1, 0.15) is 75.0 Å². The summed E-state index contributed by atoms with van der Waals surface area (Å²) in [7, 11) is 0. The fourth-order valence-corrected chi connectivity index (χ4v) is 3.26. The van der Waals surface area contributed by atoms with Crippen LogP contribution in [0.3, 0.4) is 0 Å². The molecule has 0 spiro atoms. The van der Waals surface area contributed by atoms with Gasteiger partial charge in [-0.15, -0.1) is 0 Å². The largest absolute Gasteiger partial charge is 0.477 e. The van der Waals surface area contributed by atoms with Crippen molar-refractivity contribution in [3.8, 4) is 5.88 Å². The van der Waals surface area contributed by atoms with Crippen LogP contribution in [0.25, 0.3) is 5.57 Å². The first-order valence-electron chi connectivity index (χ1n) is 10.3. The molecule has 0 saturated heterocycles. The second-order valence-electron chi connectivity index (χ2n) is 8.13. The molecule has 0 aliphatic heterocycles. The number of aromatic nitrogens is 2. The molecule has 7 heteroatoms. The van der Waals surface area contributed by atoms with E-state index in [1.54, 1.807) is 11.6 Å². The molecule has 0 saturated carbocycles. The molecule has 2 aromatic rings. The monoisotopic (exact) mass is 413 g/mol. The van der Waals surface area contributed by atoms with Gasteiger partial charge in [-0.2, -0.15) is 5.10 Å². The summed E-state index contributed by atoms with van der Waals surface area (Å²) in [5.41, 5.74) is 3.64. The van der Waals surface area contributed by atoms with E-state index in [9.17, 15) is 14.9 Å². The fraction of sp³-hybridized carbons (Fsp3) is 0.478. The molecule has 0 aliphatic rings. The Hall–Kier alpha value is -2.96. The summed E-state index contributed by atoms with van der Waals surface area (Å²) in [5, 5.41) is 15.9. The number of carbonyl (C=O) groups is 1. The molecule has 1 aromatic carbocycles. The molecule has 0 atom stereocenters. The van der Waals surface area contributed by atoms with Gasteiger partial charge in [0.25, 0.3) is 5.69 Å². The molecule has 2 rings (SSSR count). The highest BCUT2D eigenvalue weighted by Crippen LogP contribution is 2.34. The number of hydrogen-bond acceptors (Lipinski definition) is 5. The lowest BCUT2D eigenvalue weighted by Crippen LogP contribution is -2.13. The molecular weight excluding hydrogens is 382 g/mol. The van der Waals surface area contributed by atoms with Crippen LogP contribution in [0.5, 0.6) is 5.88 Å². The highest BCUT2D eigenvalue weighted by Gasteiger charge is 2.27. The molecular formula is C23H31N3O4. The summed E-state index contributed by atoms with van der Waals surface area (Å²) in [4.78, 5) is 24.6. The van der Waals surface area contributed by atoms with E-state index in [-0.39, 0.29) is 11.5 Å². The van der Waals surface area contributed by atoms with Gasteiger partial charge in [0.1, 0.15) is 5.56 Å². The van der Waals surface area contributed by atoms with E-state index in [0.717, 1.165) is 17.6 Å². The minimum atomic E-state index is -0.403. The summed E-state index contributed by atoms with van der Waals surface area (Å²) in [6, 6.07) is 2.94. The van der Waals surface area contributed by atoms with Gasteiger partial charge in [-0.1, -0.05) is 26.3 Å². The van der Waals surface area contributed by atoms with Crippen molar-refractivity contribution in [3.63, 3.8) is 0 Å². The van der Waals surface area contributed by atoms with Gasteiger partial charge in [0, 0.05) is 18.2 Å². The number of nitro benzene ring substituents is 1. The van der Waals surface area contributed by atoms with Gasteiger partial charge in [0.05, 0.1) is 23.3 Å². The van der Waals surface area contributed by atoms with Gasteiger partial charge in [-0.25, -0.2) is 4.68 Å². The molecule has 0 amide bonds.